The maximum Gasteiger partial charge on any atom is 0.247 e. The van der Waals surface area contributed by atoms with E-state index in [4.69, 9.17) is 9.15 Å². The van der Waals surface area contributed by atoms with Crippen LogP contribution >= 0.6 is 15.9 Å². The lowest BCUT2D eigenvalue weighted by Crippen LogP contribution is -2.04. The van der Waals surface area contributed by atoms with Crippen LogP contribution in [0.5, 0.6) is 5.75 Å². The monoisotopic (exact) mass is 297 g/mol. The highest BCUT2D eigenvalue weighted by atomic mass is 79.9. The van der Waals surface area contributed by atoms with E-state index in [-0.39, 0.29) is 0 Å². The van der Waals surface area contributed by atoms with Gasteiger partial charge in [0.25, 0.3) is 0 Å². The predicted octanol–water partition coefficient (Wildman–Crippen LogP) is 2.23. The van der Waals surface area contributed by atoms with Crippen molar-refractivity contribution in [3.8, 4) is 17.2 Å². The highest BCUT2D eigenvalue weighted by Crippen LogP contribution is 2.29. The molecule has 0 atom stereocenters. The third-order valence-corrected chi connectivity index (χ3v) is 2.81. The SMILES string of the molecule is CNCc1nnc(-c2ccc(OC)c(Br)c2)o1. The van der Waals surface area contributed by atoms with Gasteiger partial charge < -0.3 is 14.5 Å². The van der Waals surface area contributed by atoms with Crippen LogP contribution in [0, 0.1) is 0 Å². The van der Waals surface area contributed by atoms with Crippen molar-refractivity contribution in [1.82, 2.24) is 15.5 Å². The number of hydrogen-bond acceptors (Lipinski definition) is 5. The number of benzene rings is 1. The van der Waals surface area contributed by atoms with E-state index in [0.29, 0.717) is 18.3 Å². The van der Waals surface area contributed by atoms with Gasteiger partial charge in [-0.25, -0.2) is 0 Å². The Hall–Kier alpha value is -1.40. The molecule has 0 spiro atoms. The van der Waals surface area contributed by atoms with Gasteiger partial charge in [-0.1, -0.05) is 0 Å². The largest absolute Gasteiger partial charge is 0.496 e. The predicted molar refractivity (Wildman–Crippen MR) is 66.7 cm³/mol. The van der Waals surface area contributed by atoms with Crippen molar-refractivity contribution >= 4 is 15.9 Å². The zero-order valence-corrected chi connectivity index (χ0v) is 11.1. The molecule has 1 aromatic heterocycles. The molecule has 0 saturated heterocycles. The average molecular weight is 298 g/mol. The van der Waals surface area contributed by atoms with Crippen molar-refractivity contribution in [2.45, 2.75) is 6.54 Å². The number of nitrogens with one attached hydrogen (secondary N) is 1. The summed E-state index contributed by atoms with van der Waals surface area (Å²) in [7, 11) is 3.45. The Morgan fingerprint density at radius 3 is 2.88 bits per heavy atom. The van der Waals surface area contributed by atoms with Crippen LogP contribution in [-0.4, -0.2) is 24.4 Å². The van der Waals surface area contributed by atoms with Crippen molar-refractivity contribution in [3.05, 3.63) is 28.6 Å². The van der Waals surface area contributed by atoms with Crippen LogP contribution in [0.4, 0.5) is 0 Å². The summed E-state index contributed by atoms with van der Waals surface area (Å²) < 4.78 is 11.5. The molecule has 0 aliphatic heterocycles. The van der Waals surface area contributed by atoms with Crippen LogP contribution in [0.2, 0.25) is 0 Å². The molecule has 17 heavy (non-hydrogen) atoms. The molecule has 1 heterocycles. The quantitative estimate of drug-likeness (QED) is 0.938. The molecule has 90 valence electrons. The summed E-state index contributed by atoms with van der Waals surface area (Å²) in [4.78, 5) is 0. The molecule has 0 aliphatic carbocycles. The molecule has 2 aromatic rings. The number of methoxy groups -OCH3 is 1. The minimum Gasteiger partial charge on any atom is -0.496 e. The van der Waals surface area contributed by atoms with Gasteiger partial charge in [-0.15, -0.1) is 10.2 Å². The van der Waals surface area contributed by atoms with Crippen molar-refractivity contribution in [2.24, 2.45) is 0 Å². The topological polar surface area (TPSA) is 60.2 Å². The molecule has 6 heteroatoms. The zero-order valence-electron chi connectivity index (χ0n) is 9.53. The normalized spacial score (nSPS) is 10.5. The highest BCUT2D eigenvalue weighted by molar-refractivity contribution is 9.10. The van der Waals surface area contributed by atoms with E-state index >= 15 is 0 Å². The van der Waals surface area contributed by atoms with E-state index in [0.717, 1.165) is 15.8 Å². The highest BCUT2D eigenvalue weighted by Gasteiger charge is 2.10. The summed E-state index contributed by atoms with van der Waals surface area (Å²) in [6, 6.07) is 5.61. The van der Waals surface area contributed by atoms with Crippen molar-refractivity contribution < 1.29 is 9.15 Å². The molecule has 1 N–H and O–H groups in total. The number of ether oxygens (including phenoxy) is 1. The first-order chi connectivity index (χ1) is 8.24. The van der Waals surface area contributed by atoms with E-state index < -0.39 is 0 Å². The Morgan fingerprint density at radius 1 is 1.41 bits per heavy atom. The van der Waals surface area contributed by atoms with Gasteiger partial charge in [-0.2, -0.15) is 0 Å². The van der Waals surface area contributed by atoms with Crippen LogP contribution < -0.4 is 10.1 Å². The Kier molecular flexibility index (Phi) is 3.75. The summed E-state index contributed by atoms with van der Waals surface area (Å²) in [5.74, 6) is 1.83. The smallest absolute Gasteiger partial charge is 0.247 e. The standard InChI is InChI=1S/C11H12BrN3O2/c1-13-6-10-14-15-11(17-10)7-3-4-9(16-2)8(12)5-7/h3-5,13H,6H2,1-2H3. The fourth-order valence-electron chi connectivity index (χ4n) is 1.39. The molecular formula is C11H12BrN3O2. The molecule has 0 saturated carbocycles. The van der Waals surface area contributed by atoms with Gasteiger partial charge in [-0.05, 0) is 41.2 Å². The summed E-state index contributed by atoms with van der Waals surface area (Å²) in [6.07, 6.45) is 0. The van der Waals surface area contributed by atoms with Gasteiger partial charge in [0.1, 0.15) is 5.75 Å². The van der Waals surface area contributed by atoms with Crippen molar-refractivity contribution in [3.63, 3.8) is 0 Å². The molecule has 2 rings (SSSR count). The summed E-state index contributed by atoms with van der Waals surface area (Å²) >= 11 is 3.41. The molecule has 0 bridgehead atoms. The Labute approximate surface area is 107 Å². The third-order valence-electron chi connectivity index (χ3n) is 2.19. The fraction of sp³-hybridized carbons (Fsp3) is 0.273. The van der Waals surface area contributed by atoms with Crippen LogP contribution in [0.15, 0.2) is 27.1 Å². The van der Waals surface area contributed by atoms with Gasteiger partial charge in [0, 0.05) is 5.56 Å². The molecule has 0 fully saturated rings. The molecular weight excluding hydrogens is 286 g/mol. The van der Waals surface area contributed by atoms with Crippen LogP contribution in [0.1, 0.15) is 5.89 Å². The number of aromatic nitrogens is 2. The Balaban J connectivity index is 2.29. The maximum atomic E-state index is 5.49. The summed E-state index contributed by atoms with van der Waals surface area (Å²) in [5, 5.41) is 10.9. The molecule has 0 aliphatic rings. The zero-order chi connectivity index (χ0) is 12.3. The minimum absolute atomic E-state index is 0.499. The van der Waals surface area contributed by atoms with Gasteiger partial charge in [-0.3, -0.25) is 0 Å². The first-order valence-corrected chi connectivity index (χ1v) is 5.84. The lowest BCUT2D eigenvalue weighted by Gasteiger charge is -2.03. The van der Waals surface area contributed by atoms with Gasteiger partial charge in [0.05, 0.1) is 18.1 Å². The molecule has 1 aromatic carbocycles. The third kappa shape index (κ3) is 2.65. The van der Waals surface area contributed by atoms with E-state index in [9.17, 15) is 0 Å². The lowest BCUT2D eigenvalue weighted by atomic mass is 10.2. The molecule has 5 nitrogen and oxygen atoms in total. The average Bonchev–Trinajstić information content (AvgIpc) is 2.78. The van der Waals surface area contributed by atoms with Gasteiger partial charge in [0.15, 0.2) is 0 Å². The van der Waals surface area contributed by atoms with E-state index in [2.05, 4.69) is 31.4 Å². The van der Waals surface area contributed by atoms with E-state index in [1.54, 1.807) is 7.11 Å². The second-order valence-electron chi connectivity index (χ2n) is 3.38. The Bertz CT molecular complexity index is 513. The second-order valence-corrected chi connectivity index (χ2v) is 4.23. The van der Waals surface area contributed by atoms with Crippen LogP contribution in [0.3, 0.4) is 0 Å². The summed E-state index contributed by atoms with van der Waals surface area (Å²) in [6.45, 7) is 0.560. The van der Waals surface area contributed by atoms with E-state index in [1.165, 1.54) is 0 Å². The van der Waals surface area contributed by atoms with Crippen LogP contribution in [0.25, 0.3) is 11.5 Å². The second kappa shape index (κ2) is 5.29. The van der Waals surface area contributed by atoms with Crippen molar-refractivity contribution in [1.29, 1.82) is 0 Å². The first-order valence-electron chi connectivity index (χ1n) is 5.05. The van der Waals surface area contributed by atoms with Gasteiger partial charge >= 0.3 is 0 Å². The number of hydrogen-bond donors (Lipinski definition) is 1. The van der Waals surface area contributed by atoms with Gasteiger partial charge in [0.2, 0.25) is 11.8 Å². The first kappa shape index (κ1) is 12.1. The fourth-order valence-corrected chi connectivity index (χ4v) is 1.93. The van der Waals surface area contributed by atoms with E-state index in [1.807, 2.05) is 25.2 Å². The number of nitrogens with zero attached hydrogens (tertiary/aromatic N) is 2. The number of rotatable bonds is 4. The van der Waals surface area contributed by atoms with Crippen molar-refractivity contribution in [2.75, 3.05) is 14.2 Å². The Morgan fingerprint density at radius 2 is 2.24 bits per heavy atom. The van der Waals surface area contributed by atoms with Crippen LogP contribution in [-0.2, 0) is 6.54 Å². The molecule has 0 unspecified atom stereocenters. The lowest BCUT2D eigenvalue weighted by molar-refractivity contribution is 0.412. The summed E-state index contributed by atoms with van der Waals surface area (Å²) in [5.41, 5.74) is 0.854. The number of halogens is 1. The molecule has 0 amide bonds. The minimum atomic E-state index is 0.499. The molecule has 0 radical (unpaired) electrons. The maximum absolute atomic E-state index is 5.49.